The van der Waals surface area contributed by atoms with Crippen molar-refractivity contribution < 1.29 is 9.53 Å². The fourth-order valence-electron chi connectivity index (χ4n) is 3.72. The number of carbonyl (C=O) groups is 1. The summed E-state index contributed by atoms with van der Waals surface area (Å²) in [5.74, 6) is 0.761. The second-order valence-corrected chi connectivity index (χ2v) is 8.26. The molecule has 0 spiro atoms. The van der Waals surface area contributed by atoms with Gasteiger partial charge in [0, 0.05) is 52.3 Å². The number of allylic oxidation sites excluding steroid dienone is 3. The summed E-state index contributed by atoms with van der Waals surface area (Å²) >= 11 is 1.64. The first-order valence-electron chi connectivity index (χ1n) is 9.46. The molecule has 144 valence electrons. The van der Waals surface area contributed by atoms with E-state index in [2.05, 4.69) is 16.3 Å². The number of thiophene rings is 1. The lowest BCUT2D eigenvalue weighted by Gasteiger charge is -2.13. The molecule has 1 unspecified atom stereocenters. The molecule has 0 saturated heterocycles. The number of nitrogens with one attached hydrogen (secondary N) is 1. The van der Waals surface area contributed by atoms with Crippen LogP contribution in [0.1, 0.15) is 15.9 Å². The Hall–Kier alpha value is -3.31. The van der Waals surface area contributed by atoms with Gasteiger partial charge in [-0.05, 0) is 60.0 Å². The van der Waals surface area contributed by atoms with Gasteiger partial charge in [0.1, 0.15) is 11.9 Å². The van der Waals surface area contributed by atoms with Crippen LogP contribution in [0.15, 0.2) is 77.8 Å². The van der Waals surface area contributed by atoms with E-state index in [-0.39, 0.29) is 12.0 Å². The first-order valence-corrected chi connectivity index (χ1v) is 10.3. The van der Waals surface area contributed by atoms with Gasteiger partial charge in [-0.25, -0.2) is 0 Å². The average molecular weight is 401 g/mol. The third-order valence-corrected chi connectivity index (χ3v) is 6.10. The second kappa shape index (κ2) is 6.94. The number of benzene rings is 2. The van der Waals surface area contributed by atoms with E-state index in [9.17, 15) is 4.79 Å². The fourth-order valence-corrected chi connectivity index (χ4v) is 4.54. The molecular formula is C24H20N2O2S. The number of amides is 1. The zero-order valence-electron chi connectivity index (χ0n) is 16.2. The molecule has 5 rings (SSSR count). The summed E-state index contributed by atoms with van der Waals surface area (Å²) in [6, 6.07) is 14.0. The van der Waals surface area contributed by atoms with E-state index >= 15 is 0 Å². The maximum absolute atomic E-state index is 13.0. The molecule has 29 heavy (non-hydrogen) atoms. The highest BCUT2D eigenvalue weighted by atomic mass is 32.1. The van der Waals surface area contributed by atoms with E-state index in [1.54, 1.807) is 11.3 Å². The third-order valence-electron chi connectivity index (χ3n) is 5.22. The van der Waals surface area contributed by atoms with Crippen LogP contribution in [-0.2, 0) is 0 Å². The number of hydrogen-bond acceptors (Lipinski definition) is 4. The van der Waals surface area contributed by atoms with E-state index in [0.29, 0.717) is 5.56 Å². The van der Waals surface area contributed by atoms with Gasteiger partial charge in [0.2, 0.25) is 0 Å². The van der Waals surface area contributed by atoms with Gasteiger partial charge in [-0.1, -0.05) is 12.1 Å². The van der Waals surface area contributed by atoms with E-state index in [0.717, 1.165) is 38.4 Å². The Morgan fingerprint density at radius 3 is 2.93 bits per heavy atom. The van der Waals surface area contributed by atoms with Crippen LogP contribution >= 0.6 is 11.3 Å². The topological polar surface area (TPSA) is 41.6 Å². The molecule has 3 aromatic rings. The lowest BCUT2D eigenvalue weighted by Crippen LogP contribution is -2.22. The molecule has 1 aliphatic carbocycles. The van der Waals surface area contributed by atoms with Crippen molar-refractivity contribution in [2.24, 2.45) is 0 Å². The molecule has 1 N–H and O–H groups in total. The first-order chi connectivity index (χ1) is 14.1. The van der Waals surface area contributed by atoms with Crippen LogP contribution in [0.4, 0.5) is 5.69 Å². The summed E-state index contributed by atoms with van der Waals surface area (Å²) in [5, 5.41) is 6.06. The van der Waals surface area contributed by atoms with Gasteiger partial charge < -0.3 is 15.0 Å². The fraction of sp³-hybridized carbons (Fsp3) is 0.125. The van der Waals surface area contributed by atoms with Crippen LogP contribution in [0.5, 0.6) is 5.75 Å². The maximum atomic E-state index is 13.0. The molecule has 0 bridgehead atoms. The van der Waals surface area contributed by atoms with Crippen molar-refractivity contribution in [1.82, 2.24) is 5.32 Å². The number of nitrogens with zero attached hydrogens (tertiary/aromatic N) is 1. The minimum absolute atomic E-state index is 0.106. The first kappa shape index (κ1) is 17.8. The van der Waals surface area contributed by atoms with Crippen LogP contribution in [-0.4, -0.2) is 26.1 Å². The predicted molar refractivity (Wildman–Crippen MR) is 120 cm³/mol. The van der Waals surface area contributed by atoms with Crippen molar-refractivity contribution in [2.75, 3.05) is 19.0 Å². The van der Waals surface area contributed by atoms with Crippen molar-refractivity contribution >= 4 is 38.6 Å². The normalized spacial score (nSPS) is 17.0. The molecule has 0 saturated carbocycles. The van der Waals surface area contributed by atoms with Crippen molar-refractivity contribution in [1.29, 1.82) is 0 Å². The Labute approximate surface area is 173 Å². The summed E-state index contributed by atoms with van der Waals surface area (Å²) < 4.78 is 7.20. The highest BCUT2D eigenvalue weighted by Gasteiger charge is 2.28. The number of fused-ring (bicyclic) bond motifs is 4. The van der Waals surface area contributed by atoms with Gasteiger partial charge in [-0.3, -0.25) is 4.79 Å². The molecule has 1 aromatic heterocycles. The van der Waals surface area contributed by atoms with Crippen molar-refractivity contribution in [2.45, 2.75) is 6.10 Å². The van der Waals surface area contributed by atoms with E-state index in [1.165, 1.54) is 0 Å². The Balaban J connectivity index is 1.48. The molecule has 5 heteroatoms. The van der Waals surface area contributed by atoms with Crippen LogP contribution < -0.4 is 15.0 Å². The largest absolute Gasteiger partial charge is 0.481 e. The smallest absolute Gasteiger partial charge is 0.256 e. The maximum Gasteiger partial charge on any atom is 0.256 e. The number of ether oxygens (including phenoxy) is 1. The Morgan fingerprint density at radius 2 is 2.07 bits per heavy atom. The van der Waals surface area contributed by atoms with E-state index in [4.69, 9.17) is 4.74 Å². The summed E-state index contributed by atoms with van der Waals surface area (Å²) in [6.45, 7) is 0. The summed E-state index contributed by atoms with van der Waals surface area (Å²) in [6.07, 6.45) is 7.73. The number of carbonyl (C=O) groups excluding carboxylic acids is 1. The zero-order valence-corrected chi connectivity index (χ0v) is 17.0. The van der Waals surface area contributed by atoms with Gasteiger partial charge in [0.15, 0.2) is 0 Å². The van der Waals surface area contributed by atoms with Crippen molar-refractivity contribution in [3.05, 3.63) is 89.0 Å². The number of anilines is 1. The molecule has 2 aromatic carbocycles. The summed E-state index contributed by atoms with van der Waals surface area (Å²) in [5.41, 5.74) is 4.67. The van der Waals surface area contributed by atoms with Crippen molar-refractivity contribution in [3.63, 3.8) is 0 Å². The van der Waals surface area contributed by atoms with E-state index < -0.39 is 0 Å². The second-order valence-electron chi connectivity index (χ2n) is 7.31. The lowest BCUT2D eigenvalue weighted by atomic mass is 10.0. The molecule has 0 radical (unpaired) electrons. The van der Waals surface area contributed by atoms with Crippen LogP contribution in [0.3, 0.4) is 0 Å². The predicted octanol–water partition coefficient (Wildman–Crippen LogP) is 5.00. The quantitative estimate of drug-likeness (QED) is 0.673. The average Bonchev–Trinajstić information content (AvgIpc) is 3.27. The summed E-state index contributed by atoms with van der Waals surface area (Å²) in [7, 11) is 4.04. The Bertz CT molecular complexity index is 1220. The molecule has 2 heterocycles. The number of hydrogen-bond donors (Lipinski definition) is 1. The van der Waals surface area contributed by atoms with Gasteiger partial charge in [0.25, 0.3) is 5.91 Å². The van der Waals surface area contributed by atoms with Gasteiger partial charge in [-0.15, -0.1) is 11.3 Å². The monoisotopic (exact) mass is 400 g/mol. The lowest BCUT2D eigenvalue weighted by molar-refractivity contribution is 0.0969. The molecule has 1 aliphatic heterocycles. The highest BCUT2D eigenvalue weighted by Crippen LogP contribution is 2.41. The molecule has 2 aliphatic rings. The highest BCUT2D eigenvalue weighted by molar-refractivity contribution is 7.17. The summed E-state index contributed by atoms with van der Waals surface area (Å²) in [4.78, 5) is 15.0. The van der Waals surface area contributed by atoms with Crippen LogP contribution in [0, 0.1) is 0 Å². The third kappa shape index (κ3) is 3.13. The Kier molecular flexibility index (Phi) is 4.25. The minimum Gasteiger partial charge on any atom is -0.481 e. The molecule has 1 amide bonds. The van der Waals surface area contributed by atoms with E-state index in [1.807, 2.05) is 80.2 Å². The van der Waals surface area contributed by atoms with Crippen LogP contribution in [0.2, 0.25) is 0 Å². The molecule has 4 nitrogen and oxygen atoms in total. The number of rotatable bonds is 3. The molecule has 0 fully saturated rings. The van der Waals surface area contributed by atoms with Gasteiger partial charge in [-0.2, -0.15) is 0 Å². The van der Waals surface area contributed by atoms with Gasteiger partial charge >= 0.3 is 0 Å². The molecular weight excluding hydrogens is 380 g/mol. The standard InChI is InChI=1S/C24H20N2O2S/c1-26(2)16-9-10-22-20(14-16)19-13-15(5-3-7-21(19)28-22)25-24(27)18-6-4-8-23-17(18)11-12-29-23/h3-14,21H,1-2H3,(H,25,27). The molecule has 1 atom stereocenters. The van der Waals surface area contributed by atoms with Crippen LogP contribution in [0.25, 0.3) is 15.7 Å². The van der Waals surface area contributed by atoms with Gasteiger partial charge in [0.05, 0.1) is 0 Å². The Morgan fingerprint density at radius 1 is 1.17 bits per heavy atom. The minimum atomic E-state index is -0.145. The zero-order chi connectivity index (χ0) is 20.0. The SMILES string of the molecule is CN(C)c1ccc2c(c1)C1=CC(NC(=O)c3cccc4sccc34)=CC=CC1O2. The van der Waals surface area contributed by atoms with Crippen molar-refractivity contribution in [3.8, 4) is 5.75 Å².